The van der Waals surface area contributed by atoms with E-state index in [0.717, 1.165) is 16.9 Å². The van der Waals surface area contributed by atoms with Crippen molar-refractivity contribution in [1.29, 1.82) is 0 Å². The molecule has 4 heteroatoms. The van der Waals surface area contributed by atoms with Crippen molar-refractivity contribution < 1.29 is 4.79 Å². The summed E-state index contributed by atoms with van der Waals surface area (Å²) in [4.78, 5) is 18.6. The largest absolute Gasteiger partial charge is 0.347 e. The Balaban J connectivity index is 1.63. The van der Waals surface area contributed by atoms with E-state index in [2.05, 4.69) is 10.3 Å². The quantitative estimate of drug-likeness (QED) is 0.766. The van der Waals surface area contributed by atoms with Crippen LogP contribution in [0.5, 0.6) is 0 Å². The molecule has 0 atom stereocenters. The number of hydrogen-bond donors (Lipinski definition) is 1. The van der Waals surface area contributed by atoms with Gasteiger partial charge in [-0.3, -0.25) is 4.79 Å². The van der Waals surface area contributed by atoms with Gasteiger partial charge in [-0.1, -0.05) is 48.0 Å². The first-order valence-electron chi connectivity index (χ1n) is 8.22. The predicted octanol–water partition coefficient (Wildman–Crippen LogP) is 4.09. The van der Waals surface area contributed by atoms with Gasteiger partial charge < -0.3 is 10.2 Å². The Bertz CT molecular complexity index is 827. The monoisotopic (exact) mass is 331 g/mol. The minimum Gasteiger partial charge on any atom is -0.347 e. The third-order valence-corrected chi connectivity index (χ3v) is 4.08. The topological polar surface area (TPSA) is 45.2 Å². The van der Waals surface area contributed by atoms with Crippen molar-refractivity contribution in [2.24, 2.45) is 0 Å². The van der Waals surface area contributed by atoms with Gasteiger partial charge in [0.05, 0.1) is 11.9 Å². The molecule has 0 saturated carbocycles. The number of aromatic nitrogens is 1. The highest BCUT2D eigenvalue weighted by atomic mass is 16.1. The maximum Gasteiger partial charge on any atom is 0.270 e. The van der Waals surface area contributed by atoms with Gasteiger partial charge in [-0.15, -0.1) is 0 Å². The molecule has 0 spiro atoms. The number of rotatable bonds is 5. The number of carbonyl (C=O) groups excluding carboxylic acids is 1. The molecule has 1 aromatic heterocycles. The highest BCUT2D eigenvalue weighted by Gasteiger charge is 2.09. The third kappa shape index (κ3) is 4.23. The second-order valence-electron chi connectivity index (χ2n) is 5.96. The van der Waals surface area contributed by atoms with E-state index >= 15 is 0 Å². The number of para-hydroxylation sites is 1. The smallest absolute Gasteiger partial charge is 0.270 e. The fourth-order valence-corrected chi connectivity index (χ4v) is 2.50. The molecule has 0 aliphatic rings. The molecule has 0 bridgehead atoms. The molecule has 4 nitrogen and oxygen atoms in total. The minimum atomic E-state index is -0.172. The number of benzene rings is 2. The maximum atomic E-state index is 12.2. The predicted molar refractivity (Wildman–Crippen MR) is 101 cm³/mol. The maximum absolute atomic E-state index is 12.2. The molecular weight excluding hydrogens is 310 g/mol. The molecule has 1 N–H and O–H groups in total. The summed E-state index contributed by atoms with van der Waals surface area (Å²) in [6, 6.07) is 21.8. The van der Waals surface area contributed by atoms with Crippen LogP contribution in [0, 0.1) is 6.92 Å². The zero-order chi connectivity index (χ0) is 17.6. The Labute approximate surface area is 148 Å². The second-order valence-corrected chi connectivity index (χ2v) is 5.96. The van der Waals surface area contributed by atoms with Crippen LogP contribution in [0.15, 0.2) is 72.9 Å². The number of hydrogen-bond acceptors (Lipinski definition) is 3. The molecule has 1 amide bonds. The van der Waals surface area contributed by atoms with E-state index in [1.807, 2.05) is 79.5 Å². The number of anilines is 2. The molecular formula is C21H21N3O. The van der Waals surface area contributed by atoms with Crippen LogP contribution in [-0.4, -0.2) is 17.9 Å². The molecule has 2 aromatic carbocycles. The van der Waals surface area contributed by atoms with Crippen LogP contribution in [0.25, 0.3) is 0 Å². The zero-order valence-corrected chi connectivity index (χ0v) is 14.4. The van der Waals surface area contributed by atoms with E-state index in [9.17, 15) is 4.79 Å². The zero-order valence-electron chi connectivity index (χ0n) is 14.4. The summed E-state index contributed by atoms with van der Waals surface area (Å²) in [5, 5.41) is 2.90. The number of aryl methyl sites for hydroxylation is 1. The van der Waals surface area contributed by atoms with Crippen molar-refractivity contribution in [2.45, 2.75) is 13.5 Å². The van der Waals surface area contributed by atoms with Gasteiger partial charge in [0.2, 0.25) is 0 Å². The lowest BCUT2D eigenvalue weighted by molar-refractivity contribution is 0.0946. The van der Waals surface area contributed by atoms with Crippen LogP contribution in [0.2, 0.25) is 0 Å². The molecule has 3 aromatic rings. The first-order valence-corrected chi connectivity index (χ1v) is 8.22. The summed E-state index contributed by atoms with van der Waals surface area (Å²) in [5.74, 6) is -0.172. The SMILES string of the molecule is Cc1ccc(CNC(=O)c2ccc(N(C)c3ccccc3)cn2)cc1. The van der Waals surface area contributed by atoms with Gasteiger partial charge in [0.15, 0.2) is 0 Å². The van der Waals surface area contributed by atoms with Gasteiger partial charge in [-0.2, -0.15) is 0 Å². The standard InChI is InChI=1S/C21H21N3O/c1-16-8-10-17(11-9-16)14-23-21(25)20-13-12-19(15-22-20)24(2)18-6-4-3-5-7-18/h3-13,15H,14H2,1-2H3,(H,23,25). The number of pyridine rings is 1. The number of nitrogens with zero attached hydrogens (tertiary/aromatic N) is 2. The van der Waals surface area contributed by atoms with Gasteiger partial charge in [-0.25, -0.2) is 4.98 Å². The average molecular weight is 331 g/mol. The van der Waals surface area contributed by atoms with E-state index < -0.39 is 0 Å². The Morgan fingerprint density at radius 3 is 2.32 bits per heavy atom. The summed E-state index contributed by atoms with van der Waals surface area (Å²) in [7, 11) is 1.98. The van der Waals surface area contributed by atoms with Crippen LogP contribution in [0.4, 0.5) is 11.4 Å². The highest BCUT2D eigenvalue weighted by Crippen LogP contribution is 2.22. The lowest BCUT2D eigenvalue weighted by Crippen LogP contribution is -2.24. The average Bonchev–Trinajstić information content (AvgIpc) is 2.67. The molecule has 0 aliphatic carbocycles. The lowest BCUT2D eigenvalue weighted by atomic mass is 10.1. The lowest BCUT2D eigenvalue weighted by Gasteiger charge is -2.19. The van der Waals surface area contributed by atoms with Gasteiger partial charge >= 0.3 is 0 Å². The van der Waals surface area contributed by atoms with E-state index in [0.29, 0.717) is 12.2 Å². The van der Waals surface area contributed by atoms with Crippen molar-refractivity contribution in [3.8, 4) is 0 Å². The fourth-order valence-electron chi connectivity index (χ4n) is 2.50. The summed E-state index contributed by atoms with van der Waals surface area (Å²) < 4.78 is 0. The molecule has 3 rings (SSSR count). The first kappa shape index (κ1) is 16.7. The molecule has 0 aliphatic heterocycles. The van der Waals surface area contributed by atoms with Crippen molar-refractivity contribution >= 4 is 17.3 Å². The van der Waals surface area contributed by atoms with Gasteiger partial charge in [0, 0.05) is 19.3 Å². The van der Waals surface area contributed by atoms with Gasteiger partial charge in [0.25, 0.3) is 5.91 Å². The molecule has 0 saturated heterocycles. The van der Waals surface area contributed by atoms with Crippen LogP contribution in [-0.2, 0) is 6.54 Å². The Morgan fingerprint density at radius 2 is 1.68 bits per heavy atom. The molecule has 0 fully saturated rings. The van der Waals surface area contributed by atoms with E-state index in [-0.39, 0.29) is 5.91 Å². The van der Waals surface area contributed by atoms with E-state index in [1.54, 1.807) is 12.3 Å². The van der Waals surface area contributed by atoms with Crippen LogP contribution in [0.3, 0.4) is 0 Å². The highest BCUT2D eigenvalue weighted by molar-refractivity contribution is 5.92. The summed E-state index contributed by atoms with van der Waals surface area (Å²) in [6.45, 7) is 2.53. The van der Waals surface area contributed by atoms with Crippen molar-refractivity contribution in [3.05, 3.63) is 89.7 Å². The fraction of sp³-hybridized carbons (Fsp3) is 0.143. The van der Waals surface area contributed by atoms with Crippen molar-refractivity contribution in [1.82, 2.24) is 10.3 Å². The molecule has 126 valence electrons. The summed E-state index contributed by atoms with van der Waals surface area (Å²) >= 11 is 0. The van der Waals surface area contributed by atoms with Crippen LogP contribution >= 0.6 is 0 Å². The van der Waals surface area contributed by atoms with Crippen LogP contribution in [0.1, 0.15) is 21.6 Å². The van der Waals surface area contributed by atoms with Crippen molar-refractivity contribution in [2.75, 3.05) is 11.9 Å². The summed E-state index contributed by atoms with van der Waals surface area (Å²) in [6.07, 6.45) is 1.72. The Morgan fingerprint density at radius 1 is 0.960 bits per heavy atom. The third-order valence-electron chi connectivity index (χ3n) is 4.08. The number of amides is 1. The minimum absolute atomic E-state index is 0.172. The Hall–Kier alpha value is -3.14. The number of nitrogens with one attached hydrogen (secondary N) is 1. The van der Waals surface area contributed by atoms with E-state index in [4.69, 9.17) is 0 Å². The first-order chi connectivity index (χ1) is 12.1. The normalized spacial score (nSPS) is 10.3. The molecule has 0 radical (unpaired) electrons. The number of carbonyl (C=O) groups is 1. The van der Waals surface area contributed by atoms with Crippen molar-refractivity contribution in [3.63, 3.8) is 0 Å². The molecule has 1 heterocycles. The second kappa shape index (κ2) is 7.62. The molecule has 0 unspecified atom stereocenters. The summed E-state index contributed by atoms with van der Waals surface area (Å²) in [5.41, 5.74) is 4.69. The van der Waals surface area contributed by atoms with Gasteiger partial charge in [-0.05, 0) is 36.8 Å². The molecule has 25 heavy (non-hydrogen) atoms. The van der Waals surface area contributed by atoms with Crippen LogP contribution < -0.4 is 10.2 Å². The Kier molecular flexibility index (Phi) is 5.09. The van der Waals surface area contributed by atoms with Gasteiger partial charge in [0.1, 0.15) is 5.69 Å². The van der Waals surface area contributed by atoms with E-state index in [1.165, 1.54) is 5.56 Å².